The summed E-state index contributed by atoms with van der Waals surface area (Å²) in [6, 6.07) is 3.59. The van der Waals surface area contributed by atoms with E-state index >= 15 is 0 Å². The van der Waals surface area contributed by atoms with E-state index < -0.39 is 32.9 Å². The number of carbonyl (C=O) groups excluding carboxylic acids is 1. The number of fused-ring (bicyclic) bond motifs is 1. The molecule has 1 aromatic carbocycles. The normalized spacial score (nSPS) is 16.9. The number of hydrogen-bond donors (Lipinski definition) is 1. The Morgan fingerprint density at radius 2 is 2.14 bits per heavy atom. The number of nitrogens with zero attached hydrogens (tertiary/aromatic N) is 3. The Morgan fingerprint density at radius 3 is 2.82 bits per heavy atom. The monoisotopic (exact) mass is 414 g/mol. The smallest absolute Gasteiger partial charge is 0.416 e. The molecule has 1 aliphatic rings. The molecule has 1 amide bonds. The van der Waals surface area contributed by atoms with Crippen LogP contribution in [-0.2, 0) is 33.9 Å². The van der Waals surface area contributed by atoms with Crippen LogP contribution in [0.15, 0.2) is 48.0 Å². The van der Waals surface area contributed by atoms with Crippen molar-refractivity contribution in [2.75, 3.05) is 13.1 Å². The zero-order chi connectivity index (χ0) is 20.5. The van der Waals surface area contributed by atoms with Crippen molar-refractivity contribution in [1.82, 2.24) is 19.4 Å². The van der Waals surface area contributed by atoms with Gasteiger partial charge in [-0.15, -0.1) is 10.9 Å². The lowest BCUT2D eigenvalue weighted by Gasteiger charge is -2.31. The summed E-state index contributed by atoms with van der Waals surface area (Å²) >= 11 is 0. The van der Waals surface area contributed by atoms with Crippen LogP contribution in [0, 0.1) is 0 Å². The number of hydrogen-bond acceptors (Lipinski definition) is 4. The van der Waals surface area contributed by atoms with Crippen LogP contribution in [0.5, 0.6) is 0 Å². The summed E-state index contributed by atoms with van der Waals surface area (Å²) in [6.45, 7) is 3.77. The number of halogens is 3. The molecule has 28 heavy (non-hydrogen) atoms. The lowest BCUT2D eigenvalue weighted by molar-refractivity contribution is -0.137. The Morgan fingerprint density at radius 1 is 1.39 bits per heavy atom. The number of carbonyl (C=O) groups is 1. The predicted molar refractivity (Wildman–Crippen MR) is 93.7 cm³/mol. The summed E-state index contributed by atoms with van der Waals surface area (Å²) in [5, 5.41) is 6.67. The van der Waals surface area contributed by atoms with Gasteiger partial charge in [0.2, 0.25) is 0 Å². The fourth-order valence-corrected chi connectivity index (χ4v) is 4.30. The van der Waals surface area contributed by atoms with Crippen molar-refractivity contribution < 1.29 is 26.7 Å². The summed E-state index contributed by atoms with van der Waals surface area (Å²) < 4.78 is 67.1. The molecule has 150 valence electrons. The highest BCUT2D eigenvalue weighted by atomic mass is 32.3. The Kier molecular flexibility index (Phi) is 5.41. The molecular weight excluding hydrogens is 397 g/mol. The van der Waals surface area contributed by atoms with Gasteiger partial charge in [0, 0.05) is 12.6 Å². The van der Waals surface area contributed by atoms with E-state index in [0.29, 0.717) is 11.8 Å². The number of amides is 1. The van der Waals surface area contributed by atoms with Crippen molar-refractivity contribution in [3.05, 3.63) is 59.9 Å². The first-order valence-electron chi connectivity index (χ1n) is 8.26. The molecule has 1 aliphatic heterocycles. The molecule has 0 bridgehead atoms. The summed E-state index contributed by atoms with van der Waals surface area (Å²) in [7, 11) is -4.18. The molecule has 0 saturated carbocycles. The SMILES string of the molecule is C=CCNC(=O)c1cnn2c1CN([S+](=O)([O-])c1cccc(C(F)(F)F)c1)CC2. The van der Waals surface area contributed by atoms with E-state index in [-0.39, 0.29) is 31.7 Å². The maximum Gasteiger partial charge on any atom is 0.416 e. The molecule has 0 spiro atoms. The summed E-state index contributed by atoms with van der Waals surface area (Å²) in [5.74, 6) is -0.431. The molecule has 3 rings (SSSR count). The Hall–Kier alpha value is -2.50. The number of aromatic nitrogens is 2. The quantitative estimate of drug-likeness (QED) is 0.600. The van der Waals surface area contributed by atoms with Gasteiger partial charge in [0.25, 0.3) is 5.91 Å². The second-order valence-corrected chi connectivity index (χ2v) is 8.03. The Bertz CT molecular complexity index is 957. The zero-order valence-electron chi connectivity index (χ0n) is 14.6. The third-order valence-corrected chi connectivity index (χ3v) is 6.13. The maximum atomic E-state index is 12.9. The van der Waals surface area contributed by atoms with Crippen molar-refractivity contribution >= 4 is 16.3 Å². The maximum absolute atomic E-state index is 12.9. The van der Waals surface area contributed by atoms with E-state index in [1.165, 1.54) is 17.0 Å². The highest BCUT2D eigenvalue weighted by molar-refractivity contribution is 7.95. The van der Waals surface area contributed by atoms with Crippen molar-refractivity contribution in [3.8, 4) is 0 Å². The molecule has 1 N–H and O–H groups in total. The lowest BCUT2D eigenvalue weighted by Crippen LogP contribution is -2.42. The van der Waals surface area contributed by atoms with Gasteiger partial charge in [0.15, 0.2) is 15.3 Å². The molecule has 2 aromatic rings. The molecular formula is C17H17F3N4O3S. The van der Waals surface area contributed by atoms with Crippen molar-refractivity contribution in [3.63, 3.8) is 0 Å². The van der Waals surface area contributed by atoms with E-state index in [4.69, 9.17) is 0 Å². The average Bonchev–Trinajstić information content (AvgIpc) is 3.09. The van der Waals surface area contributed by atoms with Crippen molar-refractivity contribution in [1.29, 1.82) is 0 Å². The van der Waals surface area contributed by atoms with E-state index in [1.54, 1.807) is 0 Å². The Balaban J connectivity index is 1.89. The minimum absolute atomic E-state index is 0.0287. The van der Waals surface area contributed by atoms with Gasteiger partial charge in [-0.05, 0) is 12.1 Å². The van der Waals surface area contributed by atoms with Crippen LogP contribution in [0.3, 0.4) is 0 Å². The van der Waals surface area contributed by atoms with Gasteiger partial charge in [-0.25, -0.2) is 0 Å². The second-order valence-electron chi connectivity index (χ2n) is 6.09. The molecule has 11 heteroatoms. The molecule has 1 atom stereocenters. The first-order chi connectivity index (χ1) is 13.1. The summed E-state index contributed by atoms with van der Waals surface area (Å²) in [6.07, 6.45) is -1.81. The van der Waals surface area contributed by atoms with Crippen LogP contribution in [0.2, 0.25) is 0 Å². The van der Waals surface area contributed by atoms with Crippen molar-refractivity contribution in [2.45, 2.75) is 24.2 Å². The van der Waals surface area contributed by atoms with Gasteiger partial charge in [-0.3, -0.25) is 9.48 Å². The van der Waals surface area contributed by atoms with Gasteiger partial charge in [0.05, 0.1) is 42.7 Å². The Labute approximate surface area is 160 Å². The van der Waals surface area contributed by atoms with Crippen LogP contribution < -0.4 is 5.32 Å². The van der Waals surface area contributed by atoms with E-state index in [0.717, 1.165) is 22.5 Å². The number of nitrogens with one attached hydrogen (secondary N) is 1. The zero-order valence-corrected chi connectivity index (χ0v) is 15.4. The molecule has 1 aromatic heterocycles. The molecule has 0 radical (unpaired) electrons. The fourth-order valence-electron chi connectivity index (χ4n) is 2.86. The third kappa shape index (κ3) is 3.86. The number of benzene rings is 1. The van der Waals surface area contributed by atoms with Crippen LogP contribution in [-0.4, -0.2) is 37.6 Å². The largest absolute Gasteiger partial charge is 0.593 e. The van der Waals surface area contributed by atoms with E-state index in [2.05, 4.69) is 17.0 Å². The minimum atomic E-state index is -4.65. The first-order valence-corrected chi connectivity index (χ1v) is 9.70. The fraction of sp³-hybridized carbons (Fsp3) is 0.294. The molecule has 0 aliphatic carbocycles. The number of alkyl halides is 3. The topological polar surface area (TPSA) is 90.3 Å². The highest BCUT2D eigenvalue weighted by Crippen LogP contribution is 2.33. The lowest BCUT2D eigenvalue weighted by atomic mass is 10.2. The number of rotatable bonds is 5. The minimum Gasteiger partial charge on any atom is -0.593 e. The highest BCUT2D eigenvalue weighted by Gasteiger charge is 2.38. The van der Waals surface area contributed by atoms with Crippen LogP contribution in [0.1, 0.15) is 21.6 Å². The van der Waals surface area contributed by atoms with Crippen molar-refractivity contribution in [2.24, 2.45) is 0 Å². The number of sulfonamides is 1. The molecule has 2 heterocycles. The standard InChI is InChI=1S/C17H17F3N4O3S/c1-2-6-21-16(25)14-10-22-24-8-7-23(11-15(14)24)28(26,27)13-5-3-4-12(9-13)17(18,19)20/h2-5,9-10H,1,6-8,11H2,(H-,21,25,26,27). The van der Waals surface area contributed by atoms with Gasteiger partial charge in [-0.1, -0.05) is 16.4 Å². The van der Waals surface area contributed by atoms with Gasteiger partial charge in [0.1, 0.15) is 0 Å². The molecule has 0 saturated heterocycles. The van der Waals surface area contributed by atoms with Gasteiger partial charge >= 0.3 is 6.18 Å². The predicted octanol–water partition coefficient (Wildman–Crippen LogP) is 2.24. The molecule has 0 fully saturated rings. The first kappa shape index (κ1) is 20.2. The third-order valence-electron chi connectivity index (χ3n) is 4.29. The summed E-state index contributed by atoms with van der Waals surface area (Å²) in [5.41, 5.74) is -0.450. The average molecular weight is 414 g/mol. The second kappa shape index (κ2) is 7.49. The summed E-state index contributed by atoms with van der Waals surface area (Å²) in [4.78, 5) is 11.8. The van der Waals surface area contributed by atoms with E-state index in [1.807, 2.05) is 0 Å². The molecule has 7 nitrogen and oxygen atoms in total. The van der Waals surface area contributed by atoms with Crippen LogP contribution in [0.4, 0.5) is 13.2 Å². The van der Waals surface area contributed by atoms with Crippen LogP contribution >= 0.6 is 0 Å². The van der Waals surface area contributed by atoms with Crippen LogP contribution in [0.25, 0.3) is 0 Å². The molecule has 1 unspecified atom stereocenters. The van der Waals surface area contributed by atoms with E-state index in [9.17, 15) is 26.7 Å². The van der Waals surface area contributed by atoms with Gasteiger partial charge in [-0.2, -0.15) is 18.3 Å². The van der Waals surface area contributed by atoms with Gasteiger partial charge < -0.3 is 9.87 Å².